The Balaban J connectivity index is 1.81. The van der Waals surface area contributed by atoms with E-state index >= 15 is 0 Å². The largest absolute Gasteiger partial charge is 0.481 e. The van der Waals surface area contributed by atoms with Gasteiger partial charge in [0.1, 0.15) is 0 Å². The van der Waals surface area contributed by atoms with Crippen LogP contribution in [0.25, 0.3) is 0 Å². The second-order valence-corrected chi connectivity index (χ2v) is 6.18. The summed E-state index contributed by atoms with van der Waals surface area (Å²) in [5.74, 6) is -0.293. The standard InChI is InChI=1S/C10H16N2O4S/c13-8(14)4-2-1-3-7-9-6(5-17(7)16)11-10(15)12-9/h6-7,9H,1-5H2,(H,13,14)(H2,11,12,15)/t6-,7-,9-,17-/m0/s1. The summed E-state index contributed by atoms with van der Waals surface area (Å²) in [4.78, 5) is 21.5. The molecular weight excluding hydrogens is 244 g/mol. The molecule has 0 spiro atoms. The number of rotatable bonds is 5. The molecule has 2 fully saturated rings. The van der Waals surface area contributed by atoms with Crippen molar-refractivity contribution in [2.45, 2.75) is 43.0 Å². The Morgan fingerprint density at radius 1 is 1.41 bits per heavy atom. The van der Waals surface area contributed by atoms with Gasteiger partial charge < -0.3 is 15.7 Å². The molecule has 96 valence electrons. The minimum atomic E-state index is -0.923. The summed E-state index contributed by atoms with van der Waals surface area (Å²) in [6, 6.07) is -0.256. The Morgan fingerprint density at radius 2 is 2.18 bits per heavy atom. The maximum Gasteiger partial charge on any atom is 0.315 e. The van der Waals surface area contributed by atoms with Crippen LogP contribution in [0.15, 0.2) is 0 Å². The van der Waals surface area contributed by atoms with Crippen molar-refractivity contribution in [3.63, 3.8) is 0 Å². The molecule has 0 bridgehead atoms. The van der Waals surface area contributed by atoms with Crippen LogP contribution in [0.2, 0.25) is 0 Å². The number of aliphatic carboxylic acids is 1. The molecule has 2 heterocycles. The Morgan fingerprint density at radius 3 is 2.88 bits per heavy atom. The molecule has 0 unspecified atom stereocenters. The number of carboxylic acids is 1. The highest BCUT2D eigenvalue weighted by atomic mass is 32.2. The van der Waals surface area contributed by atoms with E-state index in [0.717, 1.165) is 6.42 Å². The highest BCUT2D eigenvalue weighted by molar-refractivity contribution is 7.86. The van der Waals surface area contributed by atoms with Crippen molar-refractivity contribution < 1.29 is 18.9 Å². The minimum absolute atomic E-state index is 0.0205. The van der Waals surface area contributed by atoms with Crippen LogP contribution in [-0.2, 0) is 15.6 Å². The van der Waals surface area contributed by atoms with E-state index in [-0.39, 0.29) is 29.8 Å². The summed E-state index contributed by atoms with van der Waals surface area (Å²) in [5.41, 5.74) is 0. The second-order valence-electron chi connectivity index (χ2n) is 4.48. The van der Waals surface area contributed by atoms with Gasteiger partial charge in [-0.3, -0.25) is 9.00 Å². The van der Waals surface area contributed by atoms with Gasteiger partial charge in [-0.25, -0.2) is 4.79 Å². The Kier molecular flexibility index (Phi) is 3.66. The first-order valence-electron chi connectivity index (χ1n) is 5.74. The first-order valence-corrected chi connectivity index (χ1v) is 7.12. The Labute approximate surface area is 102 Å². The van der Waals surface area contributed by atoms with Crippen molar-refractivity contribution in [3.05, 3.63) is 0 Å². The van der Waals surface area contributed by atoms with E-state index in [9.17, 15) is 13.8 Å². The molecule has 2 aliphatic rings. The zero-order chi connectivity index (χ0) is 12.4. The predicted octanol–water partition coefficient (Wildman–Crippen LogP) is -0.188. The van der Waals surface area contributed by atoms with E-state index < -0.39 is 16.8 Å². The molecule has 0 saturated carbocycles. The summed E-state index contributed by atoms with van der Waals surface area (Å²) in [6.07, 6.45) is 2.20. The van der Waals surface area contributed by atoms with Crippen LogP contribution in [0, 0.1) is 0 Å². The maximum absolute atomic E-state index is 11.8. The van der Waals surface area contributed by atoms with Gasteiger partial charge in [0.15, 0.2) is 0 Å². The van der Waals surface area contributed by atoms with Crippen LogP contribution in [-0.4, -0.2) is 44.4 Å². The van der Waals surface area contributed by atoms with E-state index in [1.807, 2.05) is 0 Å². The summed E-state index contributed by atoms with van der Waals surface area (Å²) in [6.45, 7) is 0. The zero-order valence-corrected chi connectivity index (χ0v) is 10.2. The van der Waals surface area contributed by atoms with Crippen LogP contribution >= 0.6 is 0 Å². The van der Waals surface area contributed by atoms with Crippen molar-refractivity contribution in [2.24, 2.45) is 0 Å². The third-order valence-electron chi connectivity index (χ3n) is 3.26. The molecule has 2 rings (SSSR count). The number of nitrogens with one attached hydrogen (secondary N) is 2. The van der Waals surface area contributed by atoms with Gasteiger partial charge >= 0.3 is 12.0 Å². The van der Waals surface area contributed by atoms with E-state index in [2.05, 4.69) is 10.6 Å². The number of hydrogen-bond acceptors (Lipinski definition) is 3. The molecule has 2 amide bonds. The van der Waals surface area contributed by atoms with Crippen molar-refractivity contribution in [3.8, 4) is 0 Å². The lowest BCUT2D eigenvalue weighted by Crippen LogP contribution is -2.38. The third-order valence-corrected chi connectivity index (χ3v) is 5.15. The molecule has 0 aromatic carbocycles. The zero-order valence-electron chi connectivity index (χ0n) is 9.35. The topological polar surface area (TPSA) is 95.5 Å². The van der Waals surface area contributed by atoms with Crippen molar-refractivity contribution in [2.75, 3.05) is 5.75 Å². The van der Waals surface area contributed by atoms with Gasteiger partial charge in [0.05, 0.1) is 17.3 Å². The number of carboxylic acid groups (broad SMARTS) is 1. The number of carbonyl (C=O) groups excluding carboxylic acids is 1. The molecular formula is C10H16N2O4S. The van der Waals surface area contributed by atoms with Gasteiger partial charge in [-0.1, -0.05) is 6.42 Å². The van der Waals surface area contributed by atoms with Crippen LogP contribution in [0.5, 0.6) is 0 Å². The van der Waals surface area contributed by atoms with Crippen LogP contribution < -0.4 is 10.6 Å². The van der Waals surface area contributed by atoms with Gasteiger partial charge in [0, 0.05) is 23.0 Å². The number of hydrogen-bond donors (Lipinski definition) is 3. The molecule has 0 radical (unpaired) electrons. The summed E-state index contributed by atoms with van der Waals surface area (Å²) < 4.78 is 11.8. The number of carbonyl (C=O) groups is 2. The number of fused-ring (bicyclic) bond motifs is 1. The van der Waals surface area contributed by atoms with Crippen molar-refractivity contribution >= 4 is 22.8 Å². The first kappa shape index (κ1) is 12.3. The number of amides is 2. The van der Waals surface area contributed by atoms with Crippen LogP contribution in [0.3, 0.4) is 0 Å². The van der Waals surface area contributed by atoms with Gasteiger partial charge in [-0.05, 0) is 12.8 Å². The van der Waals surface area contributed by atoms with E-state index in [0.29, 0.717) is 18.6 Å². The molecule has 7 heteroatoms. The Bertz CT molecular complexity index is 360. The molecule has 2 saturated heterocycles. The van der Waals surface area contributed by atoms with Gasteiger partial charge in [-0.15, -0.1) is 0 Å². The molecule has 0 aromatic rings. The average molecular weight is 260 g/mol. The maximum atomic E-state index is 11.8. The van der Waals surface area contributed by atoms with Gasteiger partial charge in [0.2, 0.25) is 0 Å². The Hall–Kier alpha value is -1.11. The normalized spacial score (nSPS) is 35.2. The van der Waals surface area contributed by atoms with Gasteiger partial charge in [-0.2, -0.15) is 0 Å². The van der Waals surface area contributed by atoms with Crippen LogP contribution in [0.1, 0.15) is 25.7 Å². The van der Waals surface area contributed by atoms with Gasteiger partial charge in [0.25, 0.3) is 0 Å². The van der Waals surface area contributed by atoms with E-state index in [1.54, 1.807) is 0 Å². The monoisotopic (exact) mass is 260 g/mol. The molecule has 0 aliphatic carbocycles. The predicted molar refractivity (Wildman–Crippen MR) is 62.1 cm³/mol. The molecule has 4 atom stereocenters. The molecule has 6 nitrogen and oxygen atoms in total. The lowest BCUT2D eigenvalue weighted by Gasteiger charge is -2.15. The smallest absolute Gasteiger partial charge is 0.315 e. The van der Waals surface area contributed by atoms with Crippen molar-refractivity contribution in [1.29, 1.82) is 0 Å². The number of urea groups is 1. The molecule has 3 N–H and O–H groups in total. The highest BCUT2D eigenvalue weighted by Crippen LogP contribution is 2.25. The quantitative estimate of drug-likeness (QED) is 0.471. The lowest BCUT2D eigenvalue weighted by atomic mass is 10.0. The SMILES string of the molecule is O=C(O)CCCC[C@H]1[C@H]2NC(=O)N[C@H]2C[S@@]1=O. The summed E-state index contributed by atoms with van der Waals surface area (Å²) >= 11 is 0. The third kappa shape index (κ3) is 2.77. The fraction of sp³-hybridized carbons (Fsp3) is 0.800. The number of unbranched alkanes of at least 4 members (excludes halogenated alkanes) is 1. The minimum Gasteiger partial charge on any atom is -0.481 e. The first-order chi connectivity index (χ1) is 8.08. The molecule has 17 heavy (non-hydrogen) atoms. The summed E-state index contributed by atoms with van der Waals surface area (Å²) in [5, 5.41) is 14.0. The lowest BCUT2D eigenvalue weighted by molar-refractivity contribution is -0.137. The van der Waals surface area contributed by atoms with Crippen molar-refractivity contribution in [1.82, 2.24) is 10.6 Å². The fourth-order valence-electron chi connectivity index (χ4n) is 2.45. The molecule has 2 aliphatic heterocycles. The average Bonchev–Trinajstić information content (AvgIpc) is 2.69. The summed E-state index contributed by atoms with van der Waals surface area (Å²) in [7, 11) is -0.923. The van der Waals surface area contributed by atoms with Crippen LogP contribution in [0.4, 0.5) is 4.79 Å². The fourth-order valence-corrected chi connectivity index (χ4v) is 4.35. The second kappa shape index (κ2) is 5.03. The molecule has 0 aromatic heterocycles. The highest BCUT2D eigenvalue weighted by Gasteiger charge is 2.46. The van der Waals surface area contributed by atoms with E-state index in [4.69, 9.17) is 5.11 Å². The van der Waals surface area contributed by atoms with E-state index in [1.165, 1.54) is 0 Å².